The average molecular weight is 308 g/mol. The molecule has 22 heavy (non-hydrogen) atoms. The van der Waals surface area contributed by atoms with Gasteiger partial charge in [0.05, 0.1) is 4.88 Å². The molecule has 0 saturated carbocycles. The van der Waals surface area contributed by atoms with Crippen LogP contribution >= 0.6 is 11.3 Å². The lowest BCUT2D eigenvalue weighted by atomic mass is 10.1. The number of benzene rings is 2. The Morgan fingerprint density at radius 1 is 0.955 bits per heavy atom. The predicted octanol–water partition coefficient (Wildman–Crippen LogP) is 4.64. The molecule has 1 atom stereocenters. The molecule has 1 N–H and O–H groups in total. The van der Waals surface area contributed by atoms with Crippen LogP contribution in [-0.4, -0.2) is 5.11 Å². The average Bonchev–Trinajstić information content (AvgIpc) is 3.03. The largest absolute Gasteiger partial charge is 0.376 e. The smallest absolute Gasteiger partial charge is 0.140 e. The monoisotopic (exact) mass is 308 g/mol. The van der Waals surface area contributed by atoms with Crippen molar-refractivity contribution >= 4 is 11.3 Å². The van der Waals surface area contributed by atoms with Crippen LogP contribution in [0.5, 0.6) is 0 Å². The van der Waals surface area contributed by atoms with Gasteiger partial charge >= 0.3 is 0 Å². The topological polar surface area (TPSA) is 20.2 Å². The standard InChI is InChI=1S/C19H13FOS/c20-17-8-6-14(7-9-17)16-12-18(22-13-16)10-11-19(21)15-4-2-1-3-5-15/h1-9,12-13,19,21H. The first-order chi connectivity index (χ1) is 10.7. The van der Waals surface area contributed by atoms with E-state index in [9.17, 15) is 9.50 Å². The third kappa shape index (κ3) is 3.43. The molecule has 1 unspecified atom stereocenters. The third-order valence-electron chi connectivity index (χ3n) is 3.22. The lowest BCUT2D eigenvalue weighted by Gasteiger charge is -2.01. The quantitative estimate of drug-likeness (QED) is 0.684. The Labute approximate surface area is 132 Å². The molecule has 3 heteroatoms. The van der Waals surface area contributed by atoms with Crippen LogP contribution in [0, 0.1) is 17.7 Å². The van der Waals surface area contributed by atoms with Crippen molar-refractivity contribution in [2.75, 3.05) is 0 Å². The lowest BCUT2D eigenvalue weighted by Crippen LogP contribution is -1.92. The van der Waals surface area contributed by atoms with E-state index in [1.165, 1.54) is 23.5 Å². The van der Waals surface area contributed by atoms with Crippen LogP contribution in [0.3, 0.4) is 0 Å². The number of aliphatic hydroxyl groups excluding tert-OH is 1. The lowest BCUT2D eigenvalue weighted by molar-refractivity contribution is 0.238. The molecule has 0 spiro atoms. The molecule has 0 aliphatic carbocycles. The number of hydrogen-bond acceptors (Lipinski definition) is 2. The second-order valence-electron chi connectivity index (χ2n) is 4.79. The summed E-state index contributed by atoms with van der Waals surface area (Å²) in [6.07, 6.45) is -0.794. The van der Waals surface area contributed by atoms with Crippen LogP contribution in [0.4, 0.5) is 4.39 Å². The van der Waals surface area contributed by atoms with Gasteiger partial charge in [-0.2, -0.15) is 0 Å². The van der Waals surface area contributed by atoms with Crippen molar-refractivity contribution in [3.63, 3.8) is 0 Å². The minimum Gasteiger partial charge on any atom is -0.376 e. The Balaban J connectivity index is 1.78. The molecule has 3 rings (SSSR count). The van der Waals surface area contributed by atoms with Gasteiger partial charge in [-0.3, -0.25) is 0 Å². The summed E-state index contributed by atoms with van der Waals surface area (Å²) in [5, 5.41) is 12.0. The van der Waals surface area contributed by atoms with Crippen LogP contribution in [0.25, 0.3) is 11.1 Å². The molecule has 0 saturated heterocycles. The molecule has 3 aromatic rings. The zero-order chi connectivity index (χ0) is 15.4. The van der Waals surface area contributed by atoms with Crippen LogP contribution in [0.1, 0.15) is 16.5 Å². The molecular formula is C19H13FOS. The molecule has 1 nitrogen and oxygen atoms in total. The summed E-state index contributed by atoms with van der Waals surface area (Å²) in [5.41, 5.74) is 2.74. The summed E-state index contributed by atoms with van der Waals surface area (Å²) in [6, 6.07) is 17.7. The van der Waals surface area contributed by atoms with Gasteiger partial charge in [0.1, 0.15) is 11.9 Å². The van der Waals surface area contributed by atoms with Crippen molar-refractivity contribution < 1.29 is 9.50 Å². The molecule has 0 aliphatic heterocycles. The molecule has 108 valence electrons. The third-order valence-corrected chi connectivity index (χ3v) is 4.07. The zero-order valence-electron chi connectivity index (χ0n) is 11.7. The molecule has 0 amide bonds. The fourth-order valence-electron chi connectivity index (χ4n) is 2.05. The Morgan fingerprint density at radius 2 is 1.68 bits per heavy atom. The highest BCUT2D eigenvalue weighted by molar-refractivity contribution is 7.11. The fraction of sp³-hybridized carbons (Fsp3) is 0.0526. The summed E-state index contributed by atoms with van der Waals surface area (Å²) < 4.78 is 12.9. The number of hydrogen-bond donors (Lipinski definition) is 1. The second kappa shape index (κ2) is 6.57. The van der Waals surface area contributed by atoms with Gasteiger partial charge in [-0.25, -0.2) is 4.39 Å². The van der Waals surface area contributed by atoms with Crippen LogP contribution < -0.4 is 0 Å². The van der Waals surface area contributed by atoms with E-state index in [0.29, 0.717) is 0 Å². The van der Waals surface area contributed by atoms with E-state index < -0.39 is 6.10 Å². The summed E-state index contributed by atoms with van der Waals surface area (Å²) in [4.78, 5) is 0.870. The van der Waals surface area contributed by atoms with Gasteiger partial charge in [0.2, 0.25) is 0 Å². The Bertz CT molecular complexity index is 810. The normalized spacial score (nSPS) is 11.5. The van der Waals surface area contributed by atoms with E-state index in [4.69, 9.17) is 0 Å². The summed E-state index contributed by atoms with van der Waals surface area (Å²) >= 11 is 1.51. The molecule has 1 aromatic heterocycles. The molecular weight excluding hydrogens is 295 g/mol. The van der Waals surface area contributed by atoms with Crippen molar-refractivity contribution in [2.24, 2.45) is 0 Å². The highest BCUT2D eigenvalue weighted by Gasteiger charge is 2.03. The molecule has 2 aromatic carbocycles. The van der Waals surface area contributed by atoms with E-state index in [1.54, 1.807) is 12.1 Å². The van der Waals surface area contributed by atoms with Crippen LogP contribution in [0.2, 0.25) is 0 Å². The summed E-state index contributed by atoms with van der Waals surface area (Å²) in [5.74, 6) is 5.59. The van der Waals surface area contributed by atoms with Crippen LogP contribution in [0.15, 0.2) is 66.0 Å². The minimum atomic E-state index is -0.794. The van der Waals surface area contributed by atoms with Gasteiger partial charge in [0, 0.05) is 0 Å². The number of halogens is 1. The minimum absolute atomic E-state index is 0.245. The maximum Gasteiger partial charge on any atom is 0.140 e. The predicted molar refractivity (Wildman–Crippen MR) is 88.0 cm³/mol. The Morgan fingerprint density at radius 3 is 2.41 bits per heavy atom. The molecule has 1 heterocycles. The van der Waals surface area contributed by atoms with Gasteiger partial charge in [-0.15, -0.1) is 11.3 Å². The first-order valence-electron chi connectivity index (χ1n) is 6.81. The van der Waals surface area contributed by atoms with Crippen molar-refractivity contribution in [1.82, 2.24) is 0 Å². The van der Waals surface area contributed by atoms with Gasteiger partial charge < -0.3 is 5.11 Å². The molecule has 0 radical (unpaired) electrons. The molecule has 0 fully saturated rings. The van der Waals surface area contributed by atoms with Crippen LogP contribution in [-0.2, 0) is 0 Å². The van der Waals surface area contributed by atoms with Gasteiger partial charge in [-0.1, -0.05) is 54.3 Å². The fourth-order valence-corrected chi connectivity index (χ4v) is 2.82. The van der Waals surface area contributed by atoms with Crippen molar-refractivity contribution in [1.29, 1.82) is 0 Å². The Kier molecular flexibility index (Phi) is 4.34. The van der Waals surface area contributed by atoms with Gasteiger partial charge in [0.15, 0.2) is 0 Å². The van der Waals surface area contributed by atoms with E-state index in [2.05, 4.69) is 11.8 Å². The first kappa shape index (κ1) is 14.5. The van der Waals surface area contributed by atoms with E-state index >= 15 is 0 Å². The summed E-state index contributed by atoms with van der Waals surface area (Å²) in [7, 11) is 0. The summed E-state index contributed by atoms with van der Waals surface area (Å²) in [6.45, 7) is 0. The van der Waals surface area contributed by atoms with Gasteiger partial charge in [-0.05, 0) is 40.3 Å². The van der Waals surface area contributed by atoms with E-state index in [1.807, 2.05) is 41.8 Å². The van der Waals surface area contributed by atoms with E-state index in [0.717, 1.165) is 21.6 Å². The Hall–Kier alpha value is -2.41. The second-order valence-corrected chi connectivity index (χ2v) is 5.70. The SMILES string of the molecule is OC(C#Cc1cc(-c2ccc(F)cc2)cs1)c1ccccc1. The highest BCUT2D eigenvalue weighted by atomic mass is 32.1. The van der Waals surface area contributed by atoms with Crippen molar-refractivity contribution in [3.05, 3.63) is 82.3 Å². The maximum absolute atomic E-state index is 12.9. The zero-order valence-corrected chi connectivity index (χ0v) is 12.5. The first-order valence-corrected chi connectivity index (χ1v) is 7.69. The van der Waals surface area contributed by atoms with Crippen molar-refractivity contribution in [2.45, 2.75) is 6.10 Å². The molecule has 0 bridgehead atoms. The number of rotatable bonds is 2. The number of aliphatic hydroxyl groups is 1. The van der Waals surface area contributed by atoms with E-state index in [-0.39, 0.29) is 5.82 Å². The maximum atomic E-state index is 12.9. The van der Waals surface area contributed by atoms with Gasteiger partial charge in [0.25, 0.3) is 0 Å². The molecule has 0 aliphatic rings. The van der Waals surface area contributed by atoms with Crippen molar-refractivity contribution in [3.8, 4) is 23.0 Å². The highest BCUT2D eigenvalue weighted by Crippen LogP contribution is 2.25. The number of thiophene rings is 1.